The van der Waals surface area contributed by atoms with Gasteiger partial charge in [0.1, 0.15) is 0 Å². The molecule has 98 valence electrons. The molecule has 2 nitrogen and oxygen atoms in total. The maximum absolute atomic E-state index is 5.62. The second-order valence-electron chi connectivity index (χ2n) is 4.49. The van der Waals surface area contributed by atoms with Crippen LogP contribution in [0.1, 0.15) is 26.7 Å². The molecule has 0 radical (unpaired) electrons. The van der Waals surface area contributed by atoms with Crippen LogP contribution in [0.15, 0.2) is 0 Å². The van der Waals surface area contributed by atoms with Crippen LogP contribution in [-0.2, 0) is 9.47 Å². The van der Waals surface area contributed by atoms with Gasteiger partial charge in [-0.1, -0.05) is 45.7 Å². The molecule has 0 aromatic heterocycles. The molecule has 0 atom stereocenters. The van der Waals surface area contributed by atoms with Gasteiger partial charge < -0.3 is 9.47 Å². The molecule has 0 saturated heterocycles. The Morgan fingerprint density at radius 2 is 1.69 bits per heavy atom. The third-order valence-electron chi connectivity index (χ3n) is 3.14. The number of alkyl halides is 2. The molecule has 0 aromatic rings. The summed E-state index contributed by atoms with van der Waals surface area (Å²) in [6, 6.07) is 0. The molecular formula is C12H24Br2O2. The molecule has 0 saturated carbocycles. The first-order valence-electron chi connectivity index (χ1n) is 5.81. The molecule has 0 fully saturated rings. The molecule has 0 spiro atoms. The molecular weight excluding hydrogens is 336 g/mol. The third-order valence-corrected chi connectivity index (χ3v) is 5.37. The van der Waals surface area contributed by atoms with Crippen molar-refractivity contribution in [1.82, 2.24) is 0 Å². The van der Waals surface area contributed by atoms with Crippen molar-refractivity contribution in [3.8, 4) is 0 Å². The van der Waals surface area contributed by atoms with E-state index in [0.29, 0.717) is 11.3 Å². The van der Waals surface area contributed by atoms with Crippen molar-refractivity contribution in [2.75, 3.05) is 37.6 Å². The van der Waals surface area contributed by atoms with Crippen LogP contribution in [-0.4, -0.2) is 37.6 Å². The summed E-state index contributed by atoms with van der Waals surface area (Å²) in [5, 5.41) is 2.04. The van der Waals surface area contributed by atoms with Crippen molar-refractivity contribution in [1.29, 1.82) is 0 Å². The van der Waals surface area contributed by atoms with Crippen LogP contribution in [0.25, 0.3) is 0 Å². The van der Waals surface area contributed by atoms with E-state index in [1.54, 1.807) is 7.11 Å². The lowest BCUT2D eigenvalue weighted by atomic mass is 9.78. The molecule has 0 aliphatic rings. The Morgan fingerprint density at radius 3 is 2.12 bits per heavy atom. The van der Waals surface area contributed by atoms with Gasteiger partial charge in [0.05, 0.1) is 0 Å². The maximum Gasteiger partial charge on any atom is 0.0487 e. The molecule has 0 bridgehead atoms. The summed E-state index contributed by atoms with van der Waals surface area (Å²) in [7, 11) is 1.72. The molecule has 4 heteroatoms. The van der Waals surface area contributed by atoms with Crippen molar-refractivity contribution in [2.45, 2.75) is 26.7 Å². The number of hydrogen-bond acceptors (Lipinski definition) is 2. The highest BCUT2D eigenvalue weighted by atomic mass is 79.9. The summed E-state index contributed by atoms with van der Waals surface area (Å²) >= 11 is 7.24. The monoisotopic (exact) mass is 358 g/mol. The van der Waals surface area contributed by atoms with E-state index >= 15 is 0 Å². The molecule has 0 aromatic carbocycles. The Labute approximate surface area is 117 Å². The van der Waals surface area contributed by atoms with Crippen LogP contribution >= 0.6 is 31.9 Å². The molecule has 0 unspecified atom stereocenters. The fourth-order valence-corrected chi connectivity index (χ4v) is 4.23. The molecule has 16 heavy (non-hydrogen) atoms. The van der Waals surface area contributed by atoms with Gasteiger partial charge in [-0.2, -0.15) is 0 Å². The maximum atomic E-state index is 5.62. The zero-order valence-corrected chi connectivity index (χ0v) is 13.8. The molecule has 0 heterocycles. The summed E-state index contributed by atoms with van der Waals surface area (Å²) in [4.78, 5) is 0. The predicted molar refractivity (Wildman–Crippen MR) is 76.8 cm³/mol. The van der Waals surface area contributed by atoms with Crippen molar-refractivity contribution >= 4 is 31.9 Å². The van der Waals surface area contributed by atoms with Crippen LogP contribution in [0.3, 0.4) is 0 Å². The Hall–Kier alpha value is 0.880. The largest absolute Gasteiger partial charge is 0.385 e. The average molecular weight is 360 g/mol. The lowest BCUT2D eigenvalue weighted by molar-refractivity contribution is 0.0756. The van der Waals surface area contributed by atoms with E-state index in [4.69, 9.17) is 9.47 Å². The standard InChI is InChI=1S/C12H24Br2O2/c1-11(2)12(9-13,10-14)5-8-16-7-4-6-15-3/h11H,4-10H2,1-3H3. The van der Waals surface area contributed by atoms with Crippen LogP contribution in [0.4, 0.5) is 0 Å². The van der Waals surface area contributed by atoms with E-state index in [1.807, 2.05) is 0 Å². The number of methoxy groups -OCH3 is 1. The quantitative estimate of drug-likeness (QED) is 0.435. The van der Waals surface area contributed by atoms with E-state index < -0.39 is 0 Å². The fourth-order valence-electron chi connectivity index (χ4n) is 1.45. The molecule has 0 aliphatic carbocycles. The summed E-state index contributed by atoms with van der Waals surface area (Å²) in [6.07, 6.45) is 2.07. The predicted octanol–water partition coefficient (Wildman–Crippen LogP) is 3.86. The normalized spacial score (nSPS) is 12.4. The van der Waals surface area contributed by atoms with E-state index in [1.165, 1.54) is 0 Å². The average Bonchev–Trinajstić information content (AvgIpc) is 2.28. The Kier molecular flexibility index (Phi) is 10.4. The zero-order chi connectivity index (χ0) is 12.4. The van der Waals surface area contributed by atoms with Crippen molar-refractivity contribution in [3.05, 3.63) is 0 Å². The van der Waals surface area contributed by atoms with Gasteiger partial charge in [0, 0.05) is 37.6 Å². The summed E-state index contributed by atoms with van der Waals surface area (Å²) in [5.74, 6) is 0.647. The van der Waals surface area contributed by atoms with E-state index in [2.05, 4.69) is 45.7 Å². The van der Waals surface area contributed by atoms with Gasteiger partial charge >= 0.3 is 0 Å². The van der Waals surface area contributed by atoms with Crippen molar-refractivity contribution in [3.63, 3.8) is 0 Å². The smallest absolute Gasteiger partial charge is 0.0487 e. The van der Waals surface area contributed by atoms with Gasteiger partial charge in [-0.15, -0.1) is 0 Å². The minimum atomic E-state index is 0.307. The first-order chi connectivity index (χ1) is 7.63. The number of rotatable bonds is 10. The highest BCUT2D eigenvalue weighted by Gasteiger charge is 2.31. The van der Waals surface area contributed by atoms with Crippen LogP contribution in [0.5, 0.6) is 0 Å². The minimum absolute atomic E-state index is 0.307. The highest BCUT2D eigenvalue weighted by Crippen LogP contribution is 2.35. The van der Waals surface area contributed by atoms with Gasteiger partial charge in [0.15, 0.2) is 0 Å². The van der Waals surface area contributed by atoms with Crippen LogP contribution in [0.2, 0.25) is 0 Å². The van der Waals surface area contributed by atoms with E-state index in [0.717, 1.165) is 43.3 Å². The topological polar surface area (TPSA) is 18.5 Å². The zero-order valence-electron chi connectivity index (χ0n) is 10.6. The molecule has 0 amide bonds. The summed E-state index contributed by atoms with van der Waals surface area (Å²) in [6.45, 7) is 6.96. The number of ether oxygens (including phenoxy) is 2. The minimum Gasteiger partial charge on any atom is -0.385 e. The molecule has 0 N–H and O–H groups in total. The summed E-state index contributed by atoms with van der Waals surface area (Å²) in [5.41, 5.74) is 0.307. The van der Waals surface area contributed by atoms with Gasteiger partial charge in [0.2, 0.25) is 0 Å². The molecule has 0 rings (SSSR count). The van der Waals surface area contributed by atoms with Gasteiger partial charge in [-0.05, 0) is 24.2 Å². The second-order valence-corrected chi connectivity index (χ2v) is 5.61. The highest BCUT2D eigenvalue weighted by molar-refractivity contribution is 9.09. The van der Waals surface area contributed by atoms with Crippen LogP contribution in [0, 0.1) is 11.3 Å². The third kappa shape index (κ3) is 5.99. The Bertz CT molecular complexity index is 159. The Balaban J connectivity index is 3.77. The Morgan fingerprint density at radius 1 is 1.06 bits per heavy atom. The van der Waals surface area contributed by atoms with Crippen molar-refractivity contribution in [2.24, 2.45) is 11.3 Å². The summed E-state index contributed by atoms with van der Waals surface area (Å²) < 4.78 is 10.6. The number of halogens is 2. The van der Waals surface area contributed by atoms with Crippen molar-refractivity contribution < 1.29 is 9.47 Å². The first kappa shape index (κ1) is 16.9. The van der Waals surface area contributed by atoms with Gasteiger partial charge in [-0.25, -0.2) is 0 Å². The SMILES string of the molecule is COCCCOCCC(CBr)(CBr)C(C)C. The number of hydrogen-bond donors (Lipinski definition) is 0. The van der Waals surface area contributed by atoms with Gasteiger partial charge in [0.25, 0.3) is 0 Å². The first-order valence-corrected chi connectivity index (χ1v) is 8.06. The molecule has 0 aliphatic heterocycles. The van der Waals surface area contributed by atoms with Gasteiger partial charge in [-0.3, -0.25) is 0 Å². The lowest BCUT2D eigenvalue weighted by Gasteiger charge is -2.34. The van der Waals surface area contributed by atoms with E-state index in [-0.39, 0.29) is 0 Å². The fraction of sp³-hybridized carbons (Fsp3) is 1.00. The second kappa shape index (κ2) is 9.86. The lowest BCUT2D eigenvalue weighted by Crippen LogP contribution is -2.32. The van der Waals surface area contributed by atoms with E-state index in [9.17, 15) is 0 Å². The van der Waals surface area contributed by atoms with Crippen LogP contribution < -0.4 is 0 Å².